The minimum Gasteiger partial charge on any atom is -0.497 e. The van der Waals surface area contributed by atoms with Crippen LogP contribution in [0.5, 0.6) is 5.75 Å². The smallest absolute Gasteiger partial charge is 0.253 e. The molecule has 134 valence electrons. The quantitative estimate of drug-likeness (QED) is 0.865. The maximum atomic E-state index is 12.9. The first-order valence-electron chi connectivity index (χ1n) is 8.02. The van der Waals surface area contributed by atoms with Crippen LogP contribution in [0.15, 0.2) is 46.0 Å². The second-order valence-electron chi connectivity index (χ2n) is 5.78. The number of hydrogen-bond acceptors (Lipinski definition) is 5. The highest BCUT2D eigenvalue weighted by Gasteiger charge is 2.38. The number of amides is 1. The number of anilines is 1. The van der Waals surface area contributed by atoms with Crippen molar-refractivity contribution in [1.29, 1.82) is 0 Å². The number of carbonyl (C=O) groups excluding carboxylic acids is 1. The van der Waals surface area contributed by atoms with Gasteiger partial charge in [0.05, 0.1) is 7.11 Å². The van der Waals surface area contributed by atoms with E-state index in [-0.39, 0.29) is 10.1 Å². The molecule has 8 heteroatoms. The van der Waals surface area contributed by atoms with Crippen LogP contribution in [0.2, 0.25) is 0 Å². The van der Waals surface area contributed by atoms with Crippen LogP contribution in [0.25, 0.3) is 0 Å². The van der Waals surface area contributed by atoms with Gasteiger partial charge < -0.3 is 10.1 Å². The van der Waals surface area contributed by atoms with E-state index in [2.05, 4.69) is 5.32 Å². The number of nitrogens with zero attached hydrogens (tertiary/aromatic N) is 1. The average molecular weight is 380 g/mol. The van der Waals surface area contributed by atoms with Crippen molar-refractivity contribution in [1.82, 2.24) is 4.31 Å². The summed E-state index contributed by atoms with van der Waals surface area (Å²) in [7, 11) is -2.10. The average Bonchev–Trinajstić information content (AvgIpc) is 3.17. The lowest BCUT2D eigenvalue weighted by Crippen LogP contribution is -2.49. The second-order valence-corrected chi connectivity index (χ2v) is 8.85. The Bertz CT molecular complexity index is 834. The molecule has 1 atom stereocenters. The van der Waals surface area contributed by atoms with E-state index in [0.717, 1.165) is 12.8 Å². The van der Waals surface area contributed by atoms with Crippen molar-refractivity contribution in [2.45, 2.75) is 29.5 Å². The van der Waals surface area contributed by atoms with E-state index in [0.29, 0.717) is 24.4 Å². The summed E-state index contributed by atoms with van der Waals surface area (Å²) in [5, 5.41) is 4.54. The number of ether oxygens (including phenoxy) is 1. The van der Waals surface area contributed by atoms with E-state index < -0.39 is 16.1 Å². The Labute approximate surface area is 151 Å². The number of rotatable bonds is 5. The Hall–Kier alpha value is -1.90. The lowest BCUT2D eigenvalue weighted by atomic mass is 10.0. The number of methoxy groups -OCH3 is 1. The standard InChI is InChI=1S/C17H20N2O4S2/c1-23-14-7-4-6-13(12-14)18-17(20)15-8-2-3-10-19(15)25(21,22)16-9-5-11-24-16/h4-7,9,11-12,15H,2-3,8,10H2,1H3,(H,18,20). The summed E-state index contributed by atoms with van der Waals surface area (Å²) in [5.74, 6) is 0.317. The van der Waals surface area contributed by atoms with E-state index in [1.807, 2.05) is 0 Å². The maximum Gasteiger partial charge on any atom is 0.253 e. The molecule has 2 aromatic rings. The number of benzene rings is 1. The van der Waals surface area contributed by atoms with Gasteiger partial charge in [-0.15, -0.1) is 11.3 Å². The summed E-state index contributed by atoms with van der Waals surface area (Å²) in [5.41, 5.74) is 0.586. The third-order valence-electron chi connectivity index (χ3n) is 4.15. The summed E-state index contributed by atoms with van der Waals surface area (Å²) < 4.78 is 32.5. The fraction of sp³-hybridized carbons (Fsp3) is 0.353. The molecule has 1 aromatic carbocycles. The van der Waals surface area contributed by atoms with Gasteiger partial charge in [-0.05, 0) is 36.4 Å². The van der Waals surface area contributed by atoms with Gasteiger partial charge in [-0.25, -0.2) is 8.42 Å². The molecule has 1 unspecified atom stereocenters. The molecule has 0 bridgehead atoms. The van der Waals surface area contributed by atoms with Crippen LogP contribution in [0.1, 0.15) is 19.3 Å². The number of sulfonamides is 1. The molecule has 1 aliphatic heterocycles. The largest absolute Gasteiger partial charge is 0.497 e. The molecule has 1 saturated heterocycles. The van der Waals surface area contributed by atoms with E-state index in [4.69, 9.17) is 4.74 Å². The van der Waals surface area contributed by atoms with Gasteiger partial charge in [0.25, 0.3) is 10.0 Å². The molecular weight excluding hydrogens is 360 g/mol. The van der Waals surface area contributed by atoms with Crippen LogP contribution in [-0.4, -0.2) is 38.3 Å². The first-order valence-corrected chi connectivity index (χ1v) is 10.3. The minimum absolute atomic E-state index is 0.272. The summed E-state index contributed by atoms with van der Waals surface area (Å²) in [6.45, 7) is 0.358. The Balaban J connectivity index is 1.82. The summed E-state index contributed by atoms with van der Waals surface area (Å²) in [6, 6.07) is 9.59. The van der Waals surface area contributed by atoms with Crippen molar-refractivity contribution in [3.05, 3.63) is 41.8 Å². The molecule has 0 saturated carbocycles. The van der Waals surface area contributed by atoms with Gasteiger partial charge in [0, 0.05) is 18.3 Å². The minimum atomic E-state index is -3.65. The van der Waals surface area contributed by atoms with E-state index >= 15 is 0 Å². The van der Waals surface area contributed by atoms with Gasteiger partial charge in [0.2, 0.25) is 5.91 Å². The number of carbonyl (C=O) groups is 1. The molecule has 1 aliphatic rings. The van der Waals surface area contributed by atoms with Crippen LogP contribution >= 0.6 is 11.3 Å². The first-order chi connectivity index (χ1) is 12.0. The molecule has 1 amide bonds. The molecule has 0 radical (unpaired) electrons. The molecule has 6 nitrogen and oxygen atoms in total. The van der Waals surface area contributed by atoms with Crippen molar-refractivity contribution >= 4 is 33.0 Å². The van der Waals surface area contributed by atoms with Gasteiger partial charge in [-0.2, -0.15) is 4.31 Å². The summed E-state index contributed by atoms with van der Waals surface area (Å²) in [4.78, 5) is 12.7. The molecule has 0 spiro atoms. The Morgan fingerprint density at radius 2 is 2.12 bits per heavy atom. The summed E-state index contributed by atoms with van der Waals surface area (Å²) in [6.07, 6.45) is 2.10. The zero-order valence-electron chi connectivity index (χ0n) is 13.8. The van der Waals surface area contributed by atoms with Gasteiger partial charge in [0.15, 0.2) is 0 Å². The molecule has 3 rings (SSSR count). The van der Waals surface area contributed by atoms with Crippen LogP contribution in [0.3, 0.4) is 0 Å². The zero-order chi connectivity index (χ0) is 17.9. The molecule has 0 aliphatic carbocycles. The molecule has 2 heterocycles. The Kier molecular flexibility index (Phi) is 5.41. The predicted octanol–water partition coefficient (Wildman–Crippen LogP) is 2.94. The fourth-order valence-electron chi connectivity index (χ4n) is 2.91. The molecule has 1 aromatic heterocycles. The van der Waals surface area contributed by atoms with Crippen molar-refractivity contribution in [3.63, 3.8) is 0 Å². The van der Waals surface area contributed by atoms with Crippen molar-refractivity contribution in [3.8, 4) is 5.75 Å². The highest BCUT2D eigenvalue weighted by Crippen LogP contribution is 2.28. The van der Waals surface area contributed by atoms with Gasteiger partial charge in [-0.1, -0.05) is 18.6 Å². The van der Waals surface area contributed by atoms with Crippen LogP contribution in [-0.2, 0) is 14.8 Å². The van der Waals surface area contributed by atoms with Gasteiger partial charge in [0.1, 0.15) is 16.0 Å². The van der Waals surface area contributed by atoms with Crippen LogP contribution in [0.4, 0.5) is 5.69 Å². The topological polar surface area (TPSA) is 75.7 Å². The van der Waals surface area contributed by atoms with Crippen LogP contribution < -0.4 is 10.1 Å². The third kappa shape index (κ3) is 3.86. The molecule has 1 fully saturated rings. The Morgan fingerprint density at radius 1 is 1.28 bits per heavy atom. The lowest BCUT2D eigenvalue weighted by molar-refractivity contribution is -0.120. The number of piperidine rings is 1. The number of thiophene rings is 1. The van der Waals surface area contributed by atoms with Crippen molar-refractivity contribution in [2.75, 3.05) is 19.0 Å². The van der Waals surface area contributed by atoms with E-state index in [1.165, 1.54) is 15.6 Å². The fourth-order valence-corrected chi connectivity index (χ4v) is 5.68. The molecule has 1 N–H and O–H groups in total. The highest BCUT2D eigenvalue weighted by molar-refractivity contribution is 7.91. The molecular formula is C17H20N2O4S2. The summed E-state index contributed by atoms with van der Waals surface area (Å²) >= 11 is 1.17. The maximum absolute atomic E-state index is 12.9. The monoisotopic (exact) mass is 380 g/mol. The first kappa shape index (κ1) is 17.9. The predicted molar refractivity (Wildman–Crippen MR) is 97.5 cm³/mol. The molecule has 25 heavy (non-hydrogen) atoms. The SMILES string of the molecule is COc1cccc(NC(=O)C2CCCCN2S(=O)(=O)c2cccs2)c1. The zero-order valence-corrected chi connectivity index (χ0v) is 15.5. The normalized spacial score (nSPS) is 18.7. The van der Waals surface area contributed by atoms with Gasteiger partial charge >= 0.3 is 0 Å². The van der Waals surface area contributed by atoms with Crippen LogP contribution in [0, 0.1) is 0 Å². The van der Waals surface area contributed by atoms with Crippen molar-refractivity contribution in [2.24, 2.45) is 0 Å². The van der Waals surface area contributed by atoms with Crippen molar-refractivity contribution < 1.29 is 17.9 Å². The van der Waals surface area contributed by atoms with Gasteiger partial charge in [-0.3, -0.25) is 4.79 Å². The van der Waals surface area contributed by atoms with E-state index in [1.54, 1.807) is 48.9 Å². The number of hydrogen-bond donors (Lipinski definition) is 1. The lowest BCUT2D eigenvalue weighted by Gasteiger charge is -2.33. The number of nitrogens with one attached hydrogen (secondary N) is 1. The second kappa shape index (κ2) is 7.55. The Morgan fingerprint density at radius 3 is 2.84 bits per heavy atom. The highest BCUT2D eigenvalue weighted by atomic mass is 32.2. The third-order valence-corrected chi connectivity index (χ3v) is 7.43. The van der Waals surface area contributed by atoms with E-state index in [9.17, 15) is 13.2 Å².